The Balaban J connectivity index is 1.35. The number of pyridine rings is 1. The van der Waals surface area contributed by atoms with Crippen molar-refractivity contribution in [3.8, 4) is 11.3 Å². The third-order valence-electron chi connectivity index (χ3n) is 5.68. The Bertz CT molecular complexity index is 856. The molecule has 4 heterocycles. The summed E-state index contributed by atoms with van der Waals surface area (Å²) in [5.41, 5.74) is 3.89. The van der Waals surface area contributed by atoms with Crippen molar-refractivity contribution >= 4 is 0 Å². The lowest BCUT2D eigenvalue weighted by atomic mass is 9.89. The number of rotatable bonds is 3. The molecule has 2 aromatic heterocycles. The van der Waals surface area contributed by atoms with E-state index >= 15 is 0 Å². The molecule has 4 heteroatoms. The van der Waals surface area contributed by atoms with Crippen LogP contribution in [0.15, 0.2) is 61.1 Å². The Kier molecular flexibility index (Phi) is 3.63. The molecule has 3 aromatic rings. The monoisotopic (exact) mass is 330 g/mol. The highest BCUT2D eigenvalue weighted by Crippen LogP contribution is 2.35. The lowest BCUT2D eigenvalue weighted by Crippen LogP contribution is -2.28. The maximum Gasteiger partial charge on any atom is 0.109 e. The maximum absolute atomic E-state index is 4.74. The van der Waals surface area contributed by atoms with Gasteiger partial charge in [-0.25, -0.2) is 4.98 Å². The first-order valence-corrected chi connectivity index (χ1v) is 9.08. The molecule has 2 aliphatic rings. The zero-order chi connectivity index (χ0) is 16.6. The Labute approximate surface area is 148 Å². The van der Waals surface area contributed by atoms with Crippen molar-refractivity contribution in [3.05, 3.63) is 72.4 Å². The second-order valence-corrected chi connectivity index (χ2v) is 7.31. The predicted octanol–water partition coefficient (Wildman–Crippen LogP) is 3.25. The number of likely N-dealkylation sites (tertiary alicyclic amines) is 1. The molecular weight excluding hydrogens is 308 g/mol. The van der Waals surface area contributed by atoms with Crippen LogP contribution >= 0.6 is 0 Å². The van der Waals surface area contributed by atoms with Gasteiger partial charge in [-0.2, -0.15) is 0 Å². The van der Waals surface area contributed by atoms with Crippen molar-refractivity contribution in [2.45, 2.75) is 19.5 Å². The van der Waals surface area contributed by atoms with Crippen molar-refractivity contribution < 1.29 is 0 Å². The molecule has 0 spiro atoms. The third-order valence-corrected chi connectivity index (χ3v) is 5.68. The summed E-state index contributed by atoms with van der Waals surface area (Å²) in [6.07, 6.45) is 6.94. The van der Waals surface area contributed by atoms with Gasteiger partial charge in [0.25, 0.3) is 0 Å². The highest BCUT2D eigenvalue weighted by atomic mass is 15.2. The van der Waals surface area contributed by atoms with Gasteiger partial charge in [0, 0.05) is 45.0 Å². The van der Waals surface area contributed by atoms with Crippen LogP contribution in [-0.4, -0.2) is 32.5 Å². The van der Waals surface area contributed by atoms with Gasteiger partial charge in [-0.05, 0) is 35.1 Å². The number of aromatic nitrogens is 3. The highest BCUT2D eigenvalue weighted by molar-refractivity contribution is 5.59. The first-order chi connectivity index (χ1) is 12.4. The smallest absolute Gasteiger partial charge is 0.109 e. The Morgan fingerprint density at radius 2 is 1.72 bits per heavy atom. The molecule has 1 fully saturated rings. The summed E-state index contributed by atoms with van der Waals surface area (Å²) in [5, 5.41) is 0. The molecule has 4 nitrogen and oxygen atoms in total. The minimum Gasteiger partial charge on any atom is -0.328 e. The van der Waals surface area contributed by atoms with Crippen LogP contribution in [0.5, 0.6) is 0 Å². The van der Waals surface area contributed by atoms with Gasteiger partial charge in [-0.15, -0.1) is 0 Å². The van der Waals surface area contributed by atoms with Crippen LogP contribution < -0.4 is 0 Å². The molecule has 0 radical (unpaired) electrons. The van der Waals surface area contributed by atoms with Crippen LogP contribution in [0.3, 0.4) is 0 Å². The fourth-order valence-electron chi connectivity index (χ4n) is 4.44. The average Bonchev–Trinajstić information content (AvgIpc) is 3.24. The van der Waals surface area contributed by atoms with Gasteiger partial charge in [0.2, 0.25) is 0 Å². The van der Waals surface area contributed by atoms with E-state index in [1.807, 2.05) is 12.4 Å². The van der Waals surface area contributed by atoms with Crippen LogP contribution in [0.2, 0.25) is 0 Å². The maximum atomic E-state index is 4.74. The highest BCUT2D eigenvalue weighted by Gasteiger charge is 2.37. The predicted molar refractivity (Wildman–Crippen MR) is 97.9 cm³/mol. The van der Waals surface area contributed by atoms with Crippen LogP contribution in [0, 0.1) is 11.8 Å². The minimum absolute atomic E-state index is 0.728. The molecule has 2 atom stereocenters. The molecule has 0 N–H and O–H groups in total. The summed E-state index contributed by atoms with van der Waals surface area (Å²) < 4.78 is 2.45. The lowest BCUT2D eigenvalue weighted by Gasteiger charge is -2.27. The van der Waals surface area contributed by atoms with Gasteiger partial charge in [0.05, 0.1) is 11.9 Å². The topological polar surface area (TPSA) is 34.0 Å². The molecular formula is C21H22N4. The first kappa shape index (κ1) is 14.8. The number of imidazole rings is 1. The summed E-state index contributed by atoms with van der Waals surface area (Å²) in [5.74, 6) is 2.72. The van der Waals surface area contributed by atoms with Crippen LogP contribution in [0.1, 0.15) is 11.4 Å². The molecule has 0 amide bonds. The Morgan fingerprint density at radius 1 is 0.920 bits per heavy atom. The third kappa shape index (κ3) is 2.76. The summed E-state index contributed by atoms with van der Waals surface area (Å²) >= 11 is 0. The van der Waals surface area contributed by atoms with Crippen LogP contribution in [-0.2, 0) is 19.5 Å². The lowest BCUT2D eigenvalue weighted by molar-refractivity contribution is 0.307. The zero-order valence-electron chi connectivity index (χ0n) is 14.3. The summed E-state index contributed by atoms with van der Waals surface area (Å²) in [6.45, 7) is 4.49. The van der Waals surface area contributed by atoms with Gasteiger partial charge >= 0.3 is 0 Å². The molecule has 0 bridgehead atoms. The summed E-state index contributed by atoms with van der Waals surface area (Å²) in [6, 6.07) is 14.9. The number of hydrogen-bond donors (Lipinski definition) is 0. The average molecular weight is 330 g/mol. The van der Waals surface area contributed by atoms with Crippen LogP contribution in [0.25, 0.3) is 11.3 Å². The Hall–Kier alpha value is -2.46. The number of hydrogen-bond acceptors (Lipinski definition) is 3. The molecule has 1 saturated heterocycles. The van der Waals surface area contributed by atoms with E-state index in [1.54, 1.807) is 0 Å². The molecule has 126 valence electrons. The van der Waals surface area contributed by atoms with E-state index < -0.39 is 0 Å². The molecule has 0 aliphatic carbocycles. The standard InChI is InChI=1S/C21H22N4/c1-2-4-17(5-3-1)20-11-23-21-10-18-13-24(14-19(18)15-25(20)21)12-16-6-8-22-9-7-16/h1-9,11,18-19H,10,12-15H2/t18-,19-/m0/s1. The second kappa shape index (κ2) is 6.12. The van der Waals surface area contributed by atoms with Crippen LogP contribution in [0.4, 0.5) is 0 Å². The fourth-order valence-corrected chi connectivity index (χ4v) is 4.44. The molecule has 0 unspecified atom stereocenters. The SMILES string of the molecule is c1ccc(-c2cnc3n2C[C@@H]2CN(Cc4ccncc4)C[C@@H]2C3)cc1. The van der Waals surface area contributed by atoms with Gasteiger partial charge in [-0.3, -0.25) is 9.88 Å². The van der Waals surface area contributed by atoms with E-state index in [0.717, 1.165) is 31.3 Å². The van der Waals surface area contributed by atoms with E-state index in [0.29, 0.717) is 0 Å². The van der Waals surface area contributed by atoms with E-state index in [4.69, 9.17) is 4.98 Å². The van der Waals surface area contributed by atoms with Crippen molar-refractivity contribution in [3.63, 3.8) is 0 Å². The number of fused-ring (bicyclic) bond motifs is 2. The normalized spacial score (nSPS) is 22.6. The number of benzene rings is 1. The summed E-state index contributed by atoms with van der Waals surface area (Å²) in [4.78, 5) is 11.5. The van der Waals surface area contributed by atoms with Crippen molar-refractivity contribution in [1.82, 2.24) is 19.4 Å². The summed E-state index contributed by atoms with van der Waals surface area (Å²) in [7, 11) is 0. The van der Waals surface area contributed by atoms with Gasteiger partial charge < -0.3 is 4.57 Å². The van der Waals surface area contributed by atoms with Gasteiger partial charge in [0.1, 0.15) is 5.82 Å². The van der Waals surface area contributed by atoms with Crippen molar-refractivity contribution in [2.75, 3.05) is 13.1 Å². The van der Waals surface area contributed by atoms with E-state index in [9.17, 15) is 0 Å². The van der Waals surface area contributed by atoms with E-state index in [2.05, 4.69) is 63.1 Å². The van der Waals surface area contributed by atoms with E-state index in [1.165, 1.54) is 35.7 Å². The molecule has 25 heavy (non-hydrogen) atoms. The Morgan fingerprint density at radius 3 is 2.56 bits per heavy atom. The van der Waals surface area contributed by atoms with Crippen molar-refractivity contribution in [1.29, 1.82) is 0 Å². The number of nitrogens with zero attached hydrogens (tertiary/aromatic N) is 4. The zero-order valence-corrected chi connectivity index (χ0v) is 14.3. The minimum atomic E-state index is 0.728. The largest absolute Gasteiger partial charge is 0.328 e. The molecule has 2 aliphatic heterocycles. The first-order valence-electron chi connectivity index (χ1n) is 9.08. The van der Waals surface area contributed by atoms with Gasteiger partial charge in [0.15, 0.2) is 0 Å². The van der Waals surface area contributed by atoms with Gasteiger partial charge in [-0.1, -0.05) is 30.3 Å². The fraction of sp³-hybridized carbons (Fsp3) is 0.333. The van der Waals surface area contributed by atoms with Crippen molar-refractivity contribution in [2.24, 2.45) is 11.8 Å². The molecule has 1 aromatic carbocycles. The quantitative estimate of drug-likeness (QED) is 0.739. The molecule has 0 saturated carbocycles. The second-order valence-electron chi connectivity index (χ2n) is 7.31. The van der Waals surface area contributed by atoms with E-state index in [-0.39, 0.29) is 0 Å². The molecule has 5 rings (SSSR count).